The van der Waals surface area contributed by atoms with E-state index in [1.54, 1.807) is 6.92 Å². The van der Waals surface area contributed by atoms with Crippen molar-refractivity contribution < 1.29 is 9.84 Å². The van der Waals surface area contributed by atoms with Crippen LogP contribution in [0.4, 0.5) is 0 Å². The second kappa shape index (κ2) is 8.98. The summed E-state index contributed by atoms with van der Waals surface area (Å²) in [6.45, 7) is 4.80. The minimum absolute atomic E-state index is 0.405. The van der Waals surface area contributed by atoms with E-state index in [4.69, 9.17) is 4.74 Å². The van der Waals surface area contributed by atoms with Gasteiger partial charge in [-0.1, -0.05) is 51.2 Å². The van der Waals surface area contributed by atoms with Crippen LogP contribution in [0.25, 0.3) is 0 Å². The van der Waals surface area contributed by atoms with E-state index in [9.17, 15) is 5.11 Å². The van der Waals surface area contributed by atoms with Crippen LogP contribution in [0.15, 0.2) is 24.3 Å². The van der Waals surface area contributed by atoms with Crippen molar-refractivity contribution in [3.63, 3.8) is 0 Å². The molecule has 0 heterocycles. The van der Waals surface area contributed by atoms with Gasteiger partial charge in [-0.15, -0.1) is 0 Å². The number of aliphatic hydroxyl groups is 1. The molecular weight excluding hydrogens is 224 g/mol. The molecule has 0 saturated carbocycles. The zero-order valence-electron chi connectivity index (χ0n) is 11.7. The Morgan fingerprint density at radius 1 is 1.00 bits per heavy atom. The Hall–Kier alpha value is -1.02. The van der Waals surface area contributed by atoms with Gasteiger partial charge in [0.05, 0.1) is 12.7 Å². The van der Waals surface area contributed by atoms with Gasteiger partial charge in [-0.3, -0.25) is 0 Å². The zero-order chi connectivity index (χ0) is 13.2. The van der Waals surface area contributed by atoms with E-state index in [0.717, 1.165) is 24.3 Å². The summed E-state index contributed by atoms with van der Waals surface area (Å²) < 4.78 is 5.67. The summed E-state index contributed by atoms with van der Waals surface area (Å²) in [7, 11) is 0. The van der Waals surface area contributed by atoms with E-state index in [2.05, 4.69) is 6.92 Å². The van der Waals surface area contributed by atoms with Gasteiger partial charge in [-0.25, -0.2) is 0 Å². The fourth-order valence-electron chi connectivity index (χ4n) is 1.91. The van der Waals surface area contributed by atoms with Crippen molar-refractivity contribution in [2.45, 2.75) is 58.5 Å². The molecule has 0 fully saturated rings. The maximum absolute atomic E-state index is 9.39. The molecule has 102 valence electrons. The van der Waals surface area contributed by atoms with Gasteiger partial charge in [0.1, 0.15) is 5.75 Å². The van der Waals surface area contributed by atoms with Gasteiger partial charge >= 0.3 is 0 Å². The van der Waals surface area contributed by atoms with E-state index in [0.29, 0.717) is 0 Å². The van der Waals surface area contributed by atoms with E-state index < -0.39 is 6.10 Å². The predicted molar refractivity (Wildman–Crippen MR) is 75.9 cm³/mol. The third-order valence-electron chi connectivity index (χ3n) is 3.13. The summed E-state index contributed by atoms with van der Waals surface area (Å²) in [5.41, 5.74) is 0.932. The fraction of sp³-hybridized carbons (Fsp3) is 0.625. The van der Waals surface area contributed by atoms with Crippen molar-refractivity contribution in [2.75, 3.05) is 6.61 Å². The van der Waals surface area contributed by atoms with Gasteiger partial charge in [0.15, 0.2) is 0 Å². The summed E-state index contributed by atoms with van der Waals surface area (Å²) in [5, 5.41) is 9.39. The van der Waals surface area contributed by atoms with Gasteiger partial charge in [0, 0.05) is 0 Å². The number of ether oxygens (including phenoxy) is 1. The molecule has 1 N–H and O–H groups in total. The lowest BCUT2D eigenvalue weighted by Gasteiger charge is -2.08. The molecule has 0 radical (unpaired) electrons. The molecule has 0 saturated heterocycles. The minimum atomic E-state index is -0.405. The highest BCUT2D eigenvalue weighted by atomic mass is 16.5. The average molecular weight is 250 g/mol. The number of hydrogen-bond donors (Lipinski definition) is 1. The lowest BCUT2D eigenvalue weighted by atomic mass is 10.1. The van der Waals surface area contributed by atoms with Gasteiger partial charge in [0.2, 0.25) is 0 Å². The topological polar surface area (TPSA) is 29.5 Å². The van der Waals surface area contributed by atoms with E-state index in [-0.39, 0.29) is 0 Å². The van der Waals surface area contributed by atoms with Crippen LogP contribution in [-0.4, -0.2) is 11.7 Å². The Morgan fingerprint density at radius 2 is 1.61 bits per heavy atom. The van der Waals surface area contributed by atoms with Crippen molar-refractivity contribution in [1.29, 1.82) is 0 Å². The number of unbranched alkanes of at least 4 members (excludes halogenated alkanes) is 5. The monoisotopic (exact) mass is 250 g/mol. The summed E-state index contributed by atoms with van der Waals surface area (Å²) in [5.74, 6) is 0.896. The molecule has 2 heteroatoms. The lowest BCUT2D eigenvalue weighted by Crippen LogP contribution is -1.98. The van der Waals surface area contributed by atoms with Crippen LogP contribution >= 0.6 is 0 Å². The first-order chi connectivity index (χ1) is 8.74. The van der Waals surface area contributed by atoms with Crippen LogP contribution < -0.4 is 4.74 Å². The van der Waals surface area contributed by atoms with Crippen molar-refractivity contribution in [3.05, 3.63) is 29.8 Å². The molecule has 0 aliphatic heterocycles. The Labute approximate surface area is 111 Å². The fourth-order valence-corrected chi connectivity index (χ4v) is 1.91. The highest BCUT2D eigenvalue weighted by Crippen LogP contribution is 2.17. The maximum atomic E-state index is 9.39. The van der Waals surface area contributed by atoms with Crippen LogP contribution in [0.5, 0.6) is 5.75 Å². The molecule has 1 rings (SSSR count). The molecular formula is C16H26O2. The third kappa shape index (κ3) is 6.06. The van der Waals surface area contributed by atoms with Crippen LogP contribution in [0.2, 0.25) is 0 Å². The molecule has 0 spiro atoms. The molecule has 1 atom stereocenters. The Kier molecular flexibility index (Phi) is 7.51. The maximum Gasteiger partial charge on any atom is 0.119 e. The molecule has 0 unspecified atom stereocenters. The molecule has 0 aliphatic carbocycles. The van der Waals surface area contributed by atoms with E-state index in [1.807, 2.05) is 24.3 Å². The first-order valence-electron chi connectivity index (χ1n) is 7.15. The van der Waals surface area contributed by atoms with Crippen molar-refractivity contribution in [3.8, 4) is 5.75 Å². The van der Waals surface area contributed by atoms with Gasteiger partial charge in [-0.05, 0) is 31.0 Å². The summed E-state index contributed by atoms with van der Waals surface area (Å²) >= 11 is 0. The second-order valence-electron chi connectivity index (χ2n) is 4.86. The number of benzene rings is 1. The molecule has 0 bridgehead atoms. The van der Waals surface area contributed by atoms with E-state index >= 15 is 0 Å². The molecule has 0 aliphatic rings. The van der Waals surface area contributed by atoms with Crippen LogP contribution in [-0.2, 0) is 0 Å². The zero-order valence-corrected chi connectivity index (χ0v) is 11.7. The standard InChI is InChI=1S/C16H26O2/c1-3-4-5-6-7-8-13-18-16-11-9-15(10-12-16)14(2)17/h9-12,14,17H,3-8,13H2,1-2H3/t14-/m1/s1. The van der Waals surface area contributed by atoms with Crippen molar-refractivity contribution >= 4 is 0 Å². The quantitative estimate of drug-likeness (QED) is 0.655. The summed E-state index contributed by atoms with van der Waals surface area (Å²) in [6, 6.07) is 7.70. The van der Waals surface area contributed by atoms with E-state index in [1.165, 1.54) is 32.1 Å². The van der Waals surface area contributed by atoms with Gasteiger partial charge < -0.3 is 9.84 Å². The number of aliphatic hydroxyl groups excluding tert-OH is 1. The first-order valence-corrected chi connectivity index (χ1v) is 7.15. The highest BCUT2D eigenvalue weighted by Gasteiger charge is 2.00. The van der Waals surface area contributed by atoms with Crippen LogP contribution in [0.3, 0.4) is 0 Å². The Morgan fingerprint density at radius 3 is 2.22 bits per heavy atom. The molecule has 0 amide bonds. The molecule has 1 aromatic carbocycles. The van der Waals surface area contributed by atoms with Crippen molar-refractivity contribution in [1.82, 2.24) is 0 Å². The summed E-state index contributed by atoms with van der Waals surface area (Å²) in [6.07, 6.45) is 7.29. The summed E-state index contributed by atoms with van der Waals surface area (Å²) in [4.78, 5) is 0. The molecule has 18 heavy (non-hydrogen) atoms. The van der Waals surface area contributed by atoms with Crippen LogP contribution in [0.1, 0.15) is 64.0 Å². The molecule has 2 nitrogen and oxygen atoms in total. The predicted octanol–water partition coefficient (Wildman–Crippen LogP) is 4.48. The lowest BCUT2D eigenvalue weighted by molar-refractivity contribution is 0.199. The minimum Gasteiger partial charge on any atom is -0.494 e. The first kappa shape index (κ1) is 15.0. The molecule has 0 aromatic heterocycles. The second-order valence-corrected chi connectivity index (χ2v) is 4.86. The number of rotatable bonds is 9. The number of hydrogen-bond acceptors (Lipinski definition) is 2. The third-order valence-corrected chi connectivity index (χ3v) is 3.13. The van der Waals surface area contributed by atoms with Crippen molar-refractivity contribution in [2.24, 2.45) is 0 Å². The largest absolute Gasteiger partial charge is 0.494 e. The molecule has 1 aromatic rings. The Bertz CT molecular complexity index is 303. The Balaban J connectivity index is 2.12. The smallest absolute Gasteiger partial charge is 0.119 e. The van der Waals surface area contributed by atoms with Gasteiger partial charge in [-0.2, -0.15) is 0 Å². The average Bonchev–Trinajstić information content (AvgIpc) is 2.38. The SMILES string of the molecule is CCCCCCCCOc1ccc([C@@H](C)O)cc1. The highest BCUT2D eigenvalue weighted by molar-refractivity contribution is 5.28. The van der Waals surface area contributed by atoms with Gasteiger partial charge in [0.25, 0.3) is 0 Å². The van der Waals surface area contributed by atoms with Crippen LogP contribution in [0, 0.1) is 0 Å². The normalized spacial score (nSPS) is 12.4.